The number of rotatable bonds is 5. The smallest absolute Gasteiger partial charge is 0.380 e. The van der Waals surface area contributed by atoms with Crippen LogP contribution in [0.2, 0.25) is 0 Å². The predicted octanol–water partition coefficient (Wildman–Crippen LogP) is 2.55. The van der Waals surface area contributed by atoms with Gasteiger partial charge in [0.1, 0.15) is 0 Å². The van der Waals surface area contributed by atoms with Crippen LogP contribution in [0.5, 0.6) is 0 Å². The number of aliphatic hydroxyl groups is 1. The molecule has 2 rings (SSSR count). The van der Waals surface area contributed by atoms with Gasteiger partial charge in [0.25, 0.3) is 0 Å². The topological polar surface area (TPSA) is 62.4 Å². The number of piperidine rings is 1. The quantitative estimate of drug-likeness (QED) is 0.903. The molecule has 0 saturated carbocycles. The molecule has 1 aromatic rings. The third-order valence-corrected chi connectivity index (χ3v) is 4.03. The highest BCUT2D eigenvalue weighted by Crippen LogP contribution is 2.38. The van der Waals surface area contributed by atoms with Crippen molar-refractivity contribution in [2.75, 3.05) is 13.1 Å². The van der Waals surface area contributed by atoms with E-state index in [0.717, 1.165) is 12.8 Å². The molecule has 1 aliphatic heterocycles. The molecule has 0 amide bonds. The van der Waals surface area contributed by atoms with Gasteiger partial charge < -0.3 is 9.63 Å². The van der Waals surface area contributed by atoms with E-state index in [0.29, 0.717) is 24.2 Å². The van der Waals surface area contributed by atoms with Crippen molar-refractivity contribution < 1.29 is 22.8 Å². The lowest BCUT2D eigenvalue weighted by Gasteiger charge is -2.38. The van der Waals surface area contributed by atoms with E-state index in [9.17, 15) is 18.3 Å². The number of aromatic nitrogens is 2. The minimum Gasteiger partial charge on any atom is -0.380 e. The minimum atomic E-state index is -4.58. The van der Waals surface area contributed by atoms with E-state index in [4.69, 9.17) is 4.52 Å². The molecule has 1 fully saturated rings. The largest absolute Gasteiger partial charge is 0.417 e. The fraction of sp³-hybridized carbons (Fsp3) is 0.857. The van der Waals surface area contributed by atoms with Crippen LogP contribution >= 0.6 is 0 Å². The fourth-order valence-corrected chi connectivity index (χ4v) is 2.43. The van der Waals surface area contributed by atoms with E-state index >= 15 is 0 Å². The molecule has 2 heterocycles. The van der Waals surface area contributed by atoms with E-state index in [1.54, 1.807) is 4.90 Å². The molecule has 126 valence electrons. The van der Waals surface area contributed by atoms with Crippen LogP contribution in [0.1, 0.15) is 44.8 Å². The Bertz CT molecular complexity index is 480. The predicted molar refractivity (Wildman–Crippen MR) is 73.0 cm³/mol. The molecule has 5 nitrogen and oxygen atoms in total. The Labute approximate surface area is 127 Å². The highest BCUT2D eigenvalue weighted by Gasteiger charge is 2.54. The van der Waals surface area contributed by atoms with Crippen molar-refractivity contribution in [3.8, 4) is 0 Å². The van der Waals surface area contributed by atoms with Crippen molar-refractivity contribution in [2.45, 2.75) is 57.9 Å². The van der Waals surface area contributed by atoms with Crippen molar-refractivity contribution in [3.63, 3.8) is 0 Å². The van der Waals surface area contributed by atoms with Crippen LogP contribution in [0.25, 0.3) is 0 Å². The number of hydrogen-bond acceptors (Lipinski definition) is 5. The molecule has 0 aliphatic carbocycles. The zero-order valence-electron chi connectivity index (χ0n) is 12.9. The SMILES string of the molecule is CC(C)CCc1noc(CN2CCC(O)(C(F)(F)F)CC2)n1. The van der Waals surface area contributed by atoms with Gasteiger partial charge in [-0.2, -0.15) is 18.2 Å². The Balaban J connectivity index is 1.84. The molecule has 1 aliphatic rings. The molecule has 0 bridgehead atoms. The molecule has 0 spiro atoms. The molecule has 1 N–H and O–H groups in total. The van der Waals surface area contributed by atoms with Gasteiger partial charge in [-0.3, -0.25) is 4.90 Å². The van der Waals surface area contributed by atoms with Gasteiger partial charge in [0.05, 0.1) is 6.54 Å². The summed E-state index contributed by atoms with van der Waals surface area (Å²) in [6.45, 7) is 4.84. The second kappa shape index (κ2) is 6.54. The Kier molecular flexibility index (Phi) is 5.11. The molecule has 1 aromatic heterocycles. The van der Waals surface area contributed by atoms with Crippen LogP contribution in [0.15, 0.2) is 4.52 Å². The molecule has 22 heavy (non-hydrogen) atoms. The average molecular weight is 321 g/mol. The molecule has 0 aromatic carbocycles. The van der Waals surface area contributed by atoms with E-state index in [-0.39, 0.29) is 25.9 Å². The van der Waals surface area contributed by atoms with Crippen LogP contribution in [-0.2, 0) is 13.0 Å². The third kappa shape index (κ3) is 4.19. The average Bonchev–Trinajstić information content (AvgIpc) is 2.86. The number of alkyl halides is 3. The molecular weight excluding hydrogens is 299 g/mol. The van der Waals surface area contributed by atoms with Gasteiger partial charge in [0.2, 0.25) is 5.89 Å². The first kappa shape index (κ1) is 17.2. The molecule has 0 atom stereocenters. The first-order valence-electron chi connectivity index (χ1n) is 7.52. The maximum Gasteiger partial charge on any atom is 0.417 e. The van der Waals surface area contributed by atoms with Gasteiger partial charge in [0.15, 0.2) is 11.4 Å². The van der Waals surface area contributed by atoms with Crippen molar-refractivity contribution in [3.05, 3.63) is 11.7 Å². The number of halogens is 3. The highest BCUT2D eigenvalue weighted by atomic mass is 19.4. The number of hydrogen-bond donors (Lipinski definition) is 1. The van der Waals surface area contributed by atoms with Crippen molar-refractivity contribution in [2.24, 2.45) is 5.92 Å². The normalized spacial score (nSPS) is 19.8. The third-order valence-electron chi connectivity index (χ3n) is 4.03. The lowest BCUT2D eigenvalue weighted by Crippen LogP contribution is -2.53. The minimum absolute atomic E-state index is 0.152. The molecule has 0 radical (unpaired) electrons. The van der Waals surface area contributed by atoms with Crippen molar-refractivity contribution in [1.29, 1.82) is 0 Å². The first-order chi connectivity index (χ1) is 10.2. The second-order valence-electron chi connectivity index (χ2n) is 6.34. The summed E-state index contributed by atoms with van der Waals surface area (Å²) in [5.41, 5.74) is -2.57. The lowest BCUT2D eigenvalue weighted by atomic mass is 9.91. The van der Waals surface area contributed by atoms with E-state index in [1.807, 2.05) is 0 Å². The van der Waals surface area contributed by atoms with E-state index < -0.39 is 11.8 Å². The highest BCUT2D eigenvalue weighted by molar-refractivity contribution is 4.93. The van der Waals surface area contributed by atoms with Crippen LogP contribution in [0, 0.1) is 5.92 Å². The fourth-order valence-electron chi connectivity index (χ4n) is 2.43. The van der Waals surface area contributed by atoms with Crippen LogP contribution in [0.4, 0.5) is 13.2 Å². The van der Waals surface area contributed by atoms with E-state index in [2.05, 4.69) is 24.0 Å². The summed E-state index contributed by atoms with van der Waals surface area (Å²) in [6, 6.07) is 0. The maximum absolute atomic E-state index is 12.7. The van der Waals surface area contributed by atoms with Gasteiger partial charge in [-0.15, -0.1) is 0 Å². The van der Waals surface area contributed by atoms with Crippen molar-refractivity contribution in [1.82, 2.24) is 15.0 Å². The Morgan fingerprint density at radius 1 is 1.32 bits per heavy atom. The van der Waals surface area contributed by atoms with Crippen LogP contribution in [-0.4, -0.2) is 45.0 Å². The van der Waals surface area contributed by atoms with Gasteiger partial charge >= 0.3 is 6.18 Å². The zero-order chi connectivity index (χ0) is 16.4. The number of aryl methyl sites for hydroxylation is 1. The van der Waals surface area contributed by atoms with Crippen LogP contribution < -0.4 is 0 Å². The maximum atomic E-state index is 12.7. The standard InChI is InChI=1S/C14H22F3N3O2/c1-10(2)3-4-11-18-12(22-19-11)9-20-7-5-13(21,6-8-20)14(15,16)17/h10,21H,3-9H2,1-2H3. The van der Waals surface area contributed by atoms with Gasteiger partial charge in [-0.25, -0.2) is 0 Å². The summed E-state index contributed by atoms with van der Waals surface area (Å²) >= 11 is 0. The Morgan fingerprint density at radius 3 is 2.50 bits per heavy atom. The molecule has 1 saturated heterocycles. The molecule has 8 heteroatoms. The number of nitrogens with zero attached hydrogens (tertiary/aromatic N) is 3. The monoisotopic (exact) mass is 321 g/mol. The Morgan fingerprint density at radius 2 is 1.95 bits per heavy atom. The summed E-state index contributed by atoms with van der Waals surface area (Å²) < 4.78 is 43.3. The first-order valence-corrected chi connectivity index (χ1v) is 7.52. The van der Waals surface area contributed by atoms with Crippen LogP contribution in [0.3, 0.4) is 0 Å². The lowest BCUT2D eigenvalue weighted by molar-refractivity contribution is -0.273. The summed E-state index contributed by atoms with van der Waals surface area (Å²) in [6.07, 6.45) is -3.54. The number of likely N-dealkylation sites (tertiary alicyclic amines) is 1. The van der Waals surface area contributed by atoms with Crippen molar-refractivity contribution >= 4 is 0 Å². The van der Waals surface area contributed by atoms with Gasteiger partial charge in [-0.05, 0) is 25.2 Å². The van der Waals surface area contributed by atoms with Gasteiger partial charge in [-0.1, -0.05) is 19.0 Å². The van der Waals surface area contributed by atoms with Gasteiger partial charge in [0, 0.05) is 19.5 Å². The summed E-state index contributed by atoms with van der Waals surface area (Å²) in [5.74, 6) is 1.59. The van der Waals surface area contributed by atoms with E-state index in [1.165, 1.54) is 0 Å². The summed E-state index contributed by atoms with van der Waals surface area (Å²) in [7, 11) is 0. The molecular formula is C14H22F3N3O2. The summed E-state index contributed by atoms with van der Waals surface area (Å²) in [4.78, 5) is 6.05. The Hall–Kier alpha value is -1.15. The molecule has 0 unspecified atom stereocenters. The summed E-state index contributed by atoms with van der Waals surface area (Å²) in [5, 5.41) is 13.5. The second-order valence-corrected chi connectivity index (χ2v) is 6.34. The zero-order valence-corrected chi connectivity index (χ0v) is 12.9.